The number of nitrogens with zero attached hydrogens (tertiary/aromatic N) is 5. The number of ether oxygens (including phenoxy) is 1. The van der Waals surface area contributed by atoms with E-state index in [1.165, 1.54) is 12.3 Å². The van der Waals surface area contributed by atoms with Crippen LogP contribution in [0.2, 0.25) is 0 Å². The molecule has 4 aromatic rings. The van der Waals surface area contributed by atoms with Gasteiger partial charge in [0.2, 0.25) is 11.7 Å². The second kappa shape index (κ2) is 8.95. The van der Waals surface area contributed by atoms with Gasteiger partial charge in [-0.3, -0.25) is 4.79 Å². The van der Waals surface area contributed by atoms with E-state index in [1.54, 1.807) is 6.07 Å². The molecule has 1 aromatic carbocycles. The summed E-state index contributed by atoms with van der Waals surface area (Å²) in [5.41, 5.74) is 3.03. The second-order valence-electron chi connectivity index (χ2n) is 10.2. The number of hydrogen-bond donors (Lipinski definition) is 1. The number of rotatable bonds is 5. The molecule has 1 aliphatic heterocycles. The molecular formula is C27H29FN6O3. The Balaban J connectivity index is 1.35. The molecule has 0 radical (unpaired) electrons. The van der Waals surface area contributed by atoms with Crippen molar-refractivity contribution in [2.45, 2.75) is 45.4 Å². The lowest BCUT2D eigenvalue weighted by Gasteiger charge is -2.34. The smallest absolute Gasteiger partial charge is 0.293 e. The van der Waals surface area contributed by atoms with Crippen LogP contribution in [0, 0.1) is 19.7 Å². The number of aryl methyl sites for hydroxylation is 2. The molecule has 3 aromatic heterocycles. The summed E-state index contributed by atoms with van der Waals surface area (Å²) in [6.07, 6.45) is 4.49. The van der Waals surface area contributed by atoms with Gasteiger partial charge in [0.1, 0.15) is 17.5 Å². The standard InChI is InChI=1S/C27H29FN6O3/c1-16-11-20(28)21(31-25(35)22-15-29-26(37-22)27(3)5-4-6-27)14-19(16)18-12-23-30-17(2)32-34(23)24(13-18)33-7-9-36-10-8-33/h11-15H,4-10H2,1-3H3,(H,31,35). The highest BCUT2D eigenvalue weighted by Crippen LogP contribution is 2.42. The molecule has 0 atom stereocenters. The normalized spacial score (nSPS) is 17.1. The lowest BCUT2D eigenvalue weighted by Crippen LogP contribution is -2.37. The summed E-state index contributed by atoms with van der Waals surface area (Å²) >= 11 is 0. The van der Waals surface area contributed by atoms with Crippen molar-refractivity contribution in [3.63, 3.8) is 0 Å². The van der Waals surface area contributed by atoms with Gasteiger partial charge >= 0.3 is 0 Å². The Morgan fingerprint density at radius 3 is 2.65 bits per heavy atom. The van der Waals surface area contributed by atoms with Gasteiger partial charge in [-0.05, 0) is 67.6 Å². The molecule has 2 fully saturated rings. The van der Waals surface area contributed by atoms with Crippen LogP contribution < -0.4 is 10.2 Å². The molecule has 1 saturated carbocycles. The molecule has 1 saturated heterocycles. The fourth-order valence-electron chi connectivity index (χ4n) is 5.09. The van der Waals surface area contributed by atoms with Crippen molar-refractivity contribution in [1.29, 1.82) is 0 Å². The van der Waals surface area contributed by atoms with E-state index >= 15 is 0 Å². The number of hydrogen-bond acceptors (Lipinski definition) is 7. The summed E-state index contributed by atoms with van der Waals surface area (Å²) in [6.45, 7) is 8.52. The number of carbonyl (C=O) groups is 1. The van der Waals surface area contributed by atoms with Crippen molar-refractivity contribution in [1.82, 2.24) is 19.6 Å². The van der Waals surface area contributed by atoms with Crippen LogP contribution in [0.5, 0.6) is 0 Å². The number of halogens is 1. The first kappa shape index (κ1) is 23.6. The van der Waals surface area contributed by atoms with E-state index in [0.717, 1.165) is 54.9 Å². The van der Waals surface area contributed by atoms with E-state index in [4.69, 9.17) is 9.15 Å². The van der Waals surface area contributed by atoms with E-state index in [0.29, 0.717) is 30.6 Å². The molecule has 0 unspecified atom stereocenters. The van der Waals surface area contributed by atoms with Gasteiger partial charge in [-0.25, -0.2) is 14.4 Å². The van der Waals surface area contributed by atoms with Crippen LogP contribution in [0.1, 0.15) is 54.0 Å². The summed E-state index contributed by atoms with van der Waals surface area (Å²) in [5.74, 6) is 1.13. The van der Waals surface area contributed by atoms with Crippen molar-refractivity contribution in [3.8, 4) is 11.1 Å². The maximum Gasteiger partial charge on any atom is 0.293 e. The average Bonchev–Trinajstić information content (AvgIpc) is 3.51. The summed E-state index contributed by atoms with van der Waals surface area (Å²) in [7, 11) is 0. The Kier molecular flexibility index (Phi) is 5.71. The summed E-state index contributed by atoms with van der Waals surface area (Å²) in [5, 5.41) is 7.25. The first-order chi connectivity index (χ1) is 17.8. The molecule has 9 nitrogen and oxygen atoms in total. The van der Waals surface area contributed by atoms with Crippen LogP contribution in [-0.2, 0) is 10.2 Å². The van der Waals surface area contributed by atoms with Crippen molar-refractivity contribution in [2.24, 2.45) is 0 Å². The molecule has 1 N–H and O–H groups in total. The number of carbonyl (C=O) groups excluding carboxylic acids is 1. The quantitative estimate of drug-likeness (QED) is 0.422. The lowest BCUT2D eigenvalue weighted by molar-refractivity contribution is 0.0987. The zero-order valence-electron chi connectivity index (χ0n) is 21.2. The summed E-state index contributed by atoms with van der Waals surface area (Å²) in [4.78, 5) is 24.0. The Morgan fingerprint density at radius 2 is 1.92 bits per heavy atom. The minimum atomic E-state index is -0.534. The van der Waals surface area contributed by atoms with Gasteiger partial charge in [0.05, 0.1) is 25.1 Å². The second-order valence-corrected chi connectivity index (χ2v) is 10.2. The number of pyridine rings is 1. The molecule has 2 aliphatic rings. The Hall–Kier alpha value is -3.79. The third-order valence-electron chi connectivity index (χ3n) is 7.44. The zero-order chi connectivity index (χ0) is 25.7. The first-order valence-corrected chi connectivity index (χ1v) is 12.6. The van der Waals surface area contributed by atoms with E-state index in [2.05, 4.69) is 32.2 Å². The van der Waals surface area contributed by atoms with Crippen LogP contribution in [0.4, 0.5) is 15.9 Å². The van der Waals surface area contributed by atoms with E-state index < -0.39 is 11.7 Å². The van der Waals surface area contributed by atoms with Gasteiger partial charge in [-0.1, -0.05) is 13.3 Å². The SMILES string of the molecule is Cc1nc2cc(-c3cc(NC(=O)c4cnc(C5(C)CCC5)o4)c(F)cc3C)cc(N3CCOCC3)n2n1. The molecule has 0 bridgehead atoms. The Morgan fingerprint density at radius 1 is 1.14 bits per heavy atom. The topological polar surface area (TPSA) is 97.8 Å². The summed E-state index contributed by atoms with van der Waals surface area (Å²) in [6, 6.07) is 7.04. The maximum atomic E-state index is 15.0. The third kappa shape index (κ3) is 4.25. The first-order valence-electron chi connectivity index (χ1n) is 12.6. The average molecular weight is 505 g/mol. The van der Waals surface area contributed by atoms with Crippen LogP contribution in [0.15, 0.2) is 34.9 Å². The number of nitrogens with one attached hydrogen (secondary N) is 1. The highest BCUT2D eigenvalue weighted by molar-refractivity contribution is 6.02. The Labute approximate surface area is 213 Å². The van der Waals surface area contributed by atoms with Gasteiger partial charge in [-0.15, -0.1) is 5.10 Å². The van der Waals surface area contributed by atoms with E-state index in [-0.39, 0.29) is 16.9 Å². The molecule has 1 amide bonds. The lowest BCUT2D eigenvalue weighted by atomic mass is 9.70. The monoisotopic (exact) mass is 504 g/mol. The largest absolute Gasteiger partial charge is 0.435 e. The Bertz CT molecular complexity index is 1500. The molecule has 4 heterocycles. The number of oxazole rings is 1. The highest BCUT2D eigenvalue weighted by Gasteiger charge is 2.38. The van der Waals surface area contributed by atoms with Gasteiger partial charge in [0.15, 0.2) is 5.65 Å². The zero-order valence-corrected chi connectivity index (χ0v) is 21.2. The molecule has 10 heteroatoms. The number of fused-ring (bicyclic) bond motifs is 1. The maximum absolute atomic E-state index is 15.0. The minimum Gasteiger partial charge on any atom is -0.435 e. The molecule has 0 spiro atoms. The number of aromatic nitrogens is 4. The number of benzene rings is 1. The highest BCUT2D eigenvalue weighted by atomic mass is 19.1. The molecule has 192 valence electrons. The fourth-order valence-corrected chi connectivity index (χ4v) is 5.09. The van der Waals surface area contributed by atoms with Crippen LogP contribution in [-0.4, -0.2) is 51.8 Å². The predicted molar refractivity (Wildman–Crippen MR) is 137 cm³/mol. The molecular weight excluding hydrogens is 475 g/mol. The predicted octanol–water partition coefficient (Wildman–Crippen LogP) is 4.67. The van der Waals surface area contributed by atoms with Gasteiger partial charge in [0.25, 0.3) is 5.91 Å². The number of amides is 1. The van der Waals surface area contributed by atoms with Gasteiger partial charge < -0.3 is 19.4 Å². The van der Waals surface area contributed by atoms with Crippen LogP contribution >= 0.6 is 0 Å². The minimum absolute atomic E-state index is 0.0691. The van der Waals surface area contributed by atoms with Crippen molar-refractivity contribution in [2.75, 3.05) is 36.5 Å². The summed E-state index contributed by atoms with van der Waals surface area (Å²) < 4.78 is 28.1. The molecule has 1 aliphatic carbocycles. The van der Waals surface area contributed by atoms with E-state index in [9.17, 15) is 9.18 Å². The van der Waals surface area contributed by atoms with Crippen LogP contribution in [0.25, 0.3) is 16.8 Å². The fraction of sp³-hybridized carbons (Fsp3) is 0.407. The third-order valence-corrected chi connectivity index (χ3v) is 7.44. The molecule has 6 rings (SSSR count). The van der Waals surface area contributed by atoms with Crippen molar-refractivity contribution in [3.05, 3.63) is 59.3 Å². The number of anilines is 2. The van der Waals surface area contributed by atoms with Crippen LogP contribution in [0.3, 0.4) is 0 Å². The van der Waals surface area contributed by atoms with E-state index in [1.807, 2.05) is 30.5 Å². The molecule has 37 heavy (non-hydrogen) atoms. The van der Waals surface area contributed by atoms with Crippen molar-refractivity contribution < 1.29 is 18.3 Å². The van der Waals surface area contributed by atoms with Crippen molar-refractivity contribution >= 4 is 23.1 Å². The van der Waals surface area contributed by atoms with Gasteiger partial charge in [0, 0.05) is 18.5 Å². The van der Waals surface area contributed by atoms with Gasteiger partial charge in [-0.2, -0.15) is 4.52 Å². The number of morpholine rings is 1.